The van der Waals surface area contributed by atoms with Gasteiger partial charge in [-0.3, -0.25) is 4.79 Å². The maximum absolute atomic E-state index is 12.3. The Kier molecular flexibility index (Phi) is 4.05. The number of hydrogen-bond acceptors (Lipinski definition) is 6. The van der Waals surface area contributed by atoms with Crippen LogP contribution in [0.3, 0.4) is 0 Å². The molecule has 2 aliphatic rings. The van der Waals surface area contributed by atoms with E-state index < -0.39 is 0 Å². The summed E-state index contributed by atoms with van der Waals surface area (Å²) in [6.45, 7) is 1.29. The molecule has 0 N–H and O–H groups in total. The summed E-state index contributed by atoms with van der Waals surface area (Å²) < 4.78 is 24.8. The van der Waals surface area contributed by atoms with E-state index in [9.17, 15) is 4.79 Å². The van der Waals surface area contributed by atoms with E-state index in [2.05, 4.69) is 4.99 Å². The van der Waals surface area contributed by atoms with Crippen molar-refractivity contribution in [3.05, 3.63) is 46.8 Å². The largest absolute Gasteiger partial charge is 0.486 e. The Morgan fingerprint density at radius 3 is 2.64 bits per heavy atom. The lowest BCUT2D eigenvalue weighted by Gasteiger charge is -2.18. The topological polar surface area (TPSA) is 71.3 Å². The summed E-state index contributed by atoms with van der Waals surface area (Å²) in [7, 11) is 1.88. The molecule has 0 saturated heterocycles. The Hall–Kier alpha value is -3.26. The molecule has 7 nitrogen and oxygen atoms in total. The number of carbonyl (C=O) groups excluding carboxylic acids is 1. The molecule has 8 heteroatoms. The monoisotopic (exact) mass is 396 g/mol. The molecular weight excluding hydrogens is 380 g/mol. The van der Waals surface area contributed by atoms with Crippen molar-refractivity contribution in [1.29, 1.82) is 0 Å². The van der Waals surface area contributed by atoms with Crippen molar-refractivity contribution in [2.24, 2.45) is 12.0 Å². The van der Waals surface area contributed by atoms with Gasteiger partial charge in [0.15, 0.2) is 27.8 Å². The van der Waals surface area contributed by atoms with Gasteiger partial charge in [0, 0.05) is 25.3 Å². The highest BCUT2D eigenvalue weighted by Gasteiger charge is 2.15. The number of aryl methyl sites for hydroxylation is 1. The molecule has 0 bridgehead atoms. The van der Waals surface area contributed by atoms with Crippen molar-refractivity contribution in [1.82, 2.24) is 4.57 Å². The minimum atomic E-state index is -0.336. The van der Waals surface area contributed by atoms with Crippen LogP contribution in [0.25, 0.3) is 16.3 Å². The van der Waals surface area contributed by atoms with Gasteiger partial charge in [-0.1, -0.05) is 17.4 Å². The standard InChI is InChI=1S/C20H16N2O5S/c1-22-13-9-16-17(25-7-6-24-16)10-18(13)28-20(22)21-19(23)5-3-12-2-4-14-15(8-12)27-11-26-14/h2-5,8-10H,6-7,11H2,1H3/b5-3-,21-20?. The van der Waals surface area contributed by atoms with Crippen LogP contribution in [-0.4, -0.2) is 30.5 Å². The fourth-order valence-corrected chi connectivity index (χ4v) is 4.12. The third-order valence-corrected chi connectivity index (χ3v) is 5.59. The minimum Gasteiger partial charge on any atom is -0.486 e. The average Bonchev–Trinajstić information content (AvgIpc) is 3.29. The maximum Gasteiger partial charge on any atom is 0.272 e. The van der Waals surface area contributed by atoms with Crippen LogP contribution in [0.4, 0.5) is 0 Å². The summed E-state index contributed by atoms with van der Waals surface area (Å²) in [5.74, 6) is 2.49. The Labute approximate surface area is 164 Å². The third kappa shape index (κ3) is 3.01. The number of benzene rings is 2. The molecule has 0 spiro atoms. The summed E-state index contributed by atoms with van der Waals surface area (Å²) >= 11 is 1.43. The lowest BCUT2D eigenvalue weighted by molar-refractivity contribution is -0.113. The molecule has 3 aromatic rings. The maximum atomic E-state index is 12.3. The van der Waals surface area contributed by atoms with Crippen molar-refractivity contribution in [3.8, 4) is 23.0 Å². The van der Waals surface area contributed by atoms with E-state index in [1.54, 1.807) is 6.08 Å². The van der Waals surface area contributed by atoms with Crippen LogP contribution in [0.2, 0.25) is 0 Å². The second-order valence-corrected chi connectivity index (χ2v) is 7.31. The number of amides is 1. The summed E-state index contributed by atoms with van der Waals surface area (Å²) in [5.41, 5.74) is 1.79. The van der Waals surface area contributed by atoms with Crippen LogP contribution in [0.5, 0.6) is 23.0 Å². The van der Waals surface area contributed by atoms with Crippen molar-refractivity contribution >= 4 is 33.5 Å². The molecule has 1 aromatic heterocycles. The SMILES string of the molecule is Cn1c(=NC(=O)/C=C\c2ccc3c(c2)OCO3)sc2cc3c(cc21)OCCO3. The summed E-state index contributed by atoms with van der Waals surface area (Å²) in [6, 6.07) is 9.37. The highest BCUT2D eigenvalue weighted by atomic mass is 32.1. The van der Waals surface area contributed by atoms with Crippen LogP contribution in [0.1, 0.15) is 5.56 Å². The van der Waals surface area contributed by atoms with Crippen LogP contribution in [0.15, 0.2) is 41.4 Å². The van der Waals surface area contributed by atoms with E-state index in [1.165, 1.54) is 17.4 Å². The second-order valence-electron chi connectivity index (χ2n) is 6.30. The molecule has 0 radical (unpaired) electrons. The number of aromatic nitrogens is 1. The van der Waals surface area contributed by atoms with Gasteiger partial charge in [0.2, 0.25) is 6.79 Å². The molecule has 3 heterocycles. The van der Waals surface area contributed by atoms with Crippen molar-refractivity contribution in [2.45, 2.75) is 0 Å². The van der Waals surface area contributed by atoms with Crippen LogP contribution >= 0.6 is 11.3 Å². The van der Waals surface area contributed by atoms with E-state index in [1.807, 2.05) is 41.9 Å². The first kappa shape index (κ1) is 16.9. The van der Waals surface area contributed by atoms with Crippen LogP contribution in [-0.2, 0) is 11.8 Å². The summed E-state index contributed by atoms with van der Waals surface area (Å²) in [6.07, 6.45) is 3.15. The Morgan fingerprint density at radius 2 is 1.79 bits per heavy atom. The number of rotatable bonds is 2. The Balaban J connectivity index is 1.44. The molecule has 5 rings (SSSR count). The van der Waals surface area contributed by atoms with E-state index in [0.717, 1.165) is 21.5 Å². The number of fused-ring (bicyclic) bond motifs is 3. The fraction of sp³-hybridized carbons (Fsp3) is 0.200. The molecule has 0 saturated carbocycles. The van der Waals surface area contributed by atoms with E-state index >= 15 is 0 Å². The second kappa shape index (κ2) is 6.72. The summed E-state index contributed by atoms with van der Waals surface area (Å²) in [5, 5.41) is 0. The van der Waals surface area contributed by atoms with E-state index in [0.29, 0.717) is 35.3 Å². The smallest absolute Gasteiger partial charge is 0.272 e. The van der Waals surface area contributed by atoms with Gasteiger partial charge in [-0.15, -0.1) is 0 Å². The predicted octanol–water partition coefficient (Wildman–Crippen LogP) is 2.88. The molecule has 28 heavy (non-hydrogen) atoms. The first-order valence-electron chi connectivity index (χ1n) is 8.73. The van der Waals surface area contributed by atoms with Gasteiger partial charge in [0.05, 0.1) is 10.2 Å². The molecule has 0 unspecified atom stereocenters. The molecule has 2 aliphatic heterocycles. The molecule has 0 aliphatic carbocycles. The van der Waals surface area contributed by atoms with Crippen molar-refractivity contribution in [2.75, 3.05) is 20.0 Å². The number of ether oxygens (including phenoxy) is 4. The molecule has 2 aromatic carbocycles. The van der Waals surface area contributed by atoms with Gasteiger partial charge in [-0.05, 0) is 23.8 Å². The van der Waals surface area contributed by atoms with Gasteiger partial charge in [-0.25, -0.2) is 0 Å². The number of carbonyl (C=O) groups is 1. The zero-order valence-corrected chi connectivity index (χ0v) is 15.8. The van der Waals surface area contributed by atoms with Gasteiger partial charge in [0.25, 0.3) is 5.91 Å². The summed E-state index contributed by atoms with van der Waals surface area (Å²) in [4.78, 5) is 17.2. The van der Waals surface area contributed by atoms with Gasteiger partial charge in [0.1, 0.15) is 13.2 Å². The number of hydrogen-bond donors (Lipinski definition) is 0. The van der Waals surface area contributed by atoms with Crippen molar-refractivity contribution in [3.63, 3.8) is 0 Å². The molecule has 142 valence electrons. The fourth-order valence-electron chi connectivity index (χ4n) is 3.09. The van der Waals surface area contributed by atoms with Crippen molar-refractivity contribution < 1.29 is 23.7 Å². The number of nitrogens with zero attached hydrogens (tertiary/aromatic N) is 2. The Morgan fingerprint density at radius 1 is 1.04 bits per heavy atom. The first-order chi connectivity index (χ1) is 13.7. The highest BCUT2D eigenvalue weighted by molar-refractivity contribution is 7.16. The quantitative estimate of drug-likeness (QED) is 0.623. The zero-order valence-electron chi connectivity index (χ0n) is 15.0. The molecule has 1 amide bonds. The zero-order chi connectivity index (χ0) is 19.1. The van der Waals surface area contributed by atoms with E-state index in [4.69, 9.17) is 18.9 Å². The highest BCUT2D eigenvalue weighted by Crippen LogP contribution is 2.35. The minimum absolute atomic E-state index is 0.221. The molecule has 0 fully saturated rings. The third-order valence-electron chi connectivity index (χ3n) is 4.49. The van der Waals surface area contributed by atoms with Gasteiger partial charge in [-0.2, -0.15) is 4.99 Å². The molecular formula is C20H16N2O5S. The van der Waals surface area contributed by atoms with Crippen LogP contribution in [0, 0.1) is 0 Å². The first-order valence-corrected chi connectivity index (χ1v) is 9.55. The van der Waals surface area contributed by atoms with Gasteiger partial charge >= 0.3 is 0 Å². The van der Waals surface area contributed by atoms with Crippen LogP contribution < -0.4 is 23.7 Å². The number of thiazole rings is 1. The van der Waals surface area contributed by atoms with Gasteiger partial charge < -0.3 is 23.5 Å². The molecule has 0 atom stereocenters. The lowest BCUT2D eigenvalue weighted by atomic mass is 10.2. The van der Waals surface area contributed by atoms with E-state index in [-0.39, 0.29) is 12.7 Å². The lowest BCUT2D eigenvalue weighted by Crippen LogP contribution is -2.15. The average molecular weight is 396 g/mol. The predicted molar refractivity (Wildman–Crippen MR) is 104 cm³/mol. The Bertz CT molecular complexity index is 1190. The normalized spacial score (nSPS) is 15.5.